The summed E-state index contributed by atoms with van der Waals surface area (Å²) < 4.78 is 5.55. The SMILES string of the molecule is CCCCCCCCNC(=O)N[C@@H](CNC(=O)c1ccc(OCCNC2=NCCN2)cc1O)C(=O)O. The fourth-order valence-corrected chi connectivity index (χ4v) is 3.45. The van der Waals surface area contributed by atoms with E-state index < -0.39 is 23.9 Å². The highest BCUT2D eigenvalue weighted by Crippen LogP contribution is 2.23. The van der Waals surface area contributed by atoms with E-state index in [4.69, 9.17) is 4.74 Å². The molecule has 12 nitrogen and oxygen atoms in total. The van der Waals surface area contributed by atoms with Gasteiger partial charge in [-0.3, -0.25) is 9.79 Å². The van der Waals surface area contributed by atoms with Crippen molar-refractivity contribution in [3.05, 3.63) is 23.8 Å². The van der Waals surface area contributed by atoms with Crippen LogP contribution in [0.3, 0.4) is 0 Å². The lowest BCUT2D eigenvalue weighted by atomic mass is 10.1. The molecule has 0 spiro atoms. The summed E-state index contributed by atoms with van der Waals surface area (Å²) >= 11 is 0. The normalized spacial score (nSPS) is 13.2. The Hall–Kier alpha value is -3.70. The molecule has 1 heterocycles. The lowest BCUT2D eigenvalue weighted by Gasteiger charge is -2.16. The Bertz CT molecular complexity index is 894. The van der Waals surface area contributed by atoms with E-state index in [0.717, 1.165) is 38.3 Å². The van der Waals surface area contributed by atoms with Gasteiger partial charge < -0.3 is 41.5 Å². The summed E-state index contributed by atoms with van der Waals surface area (Å²) in [6.45, 7) is 4.60. The summed E-state index contributed by atoms with van der Waals surface area (Å²) in [5.74, 6) is -1.18. The standard InChI is InChI=1S/C24H38N6O6/c1-2-3-4-5-6-7-10-28-24(35)30-19(22(33)34)16-29-21(32)18-9-8-17(15-20(18)31)36-14-13-27-23-25-11-12-26-23/h8-9,15,19,31H,2-7,10-14,16H2,1H3,(H,29,32)(H,33,34)(H2,25,26,27)(H2,28,30,35)/t19-/m0/s1. The van der Waals surface area contributed by atoms with Crippen LogP contribution in [0.4, 0.5) is 4.79 Å². The first-order valence-corrected chi connectivity index (χ1v) is 12.4. The number of guanidine groups is 1. The molecule has 200 valence electrons. The Morgan fingerprint density at radius 2 is 1.89 bits per heavy atom. The Morgan fingerprint density at radius 3 is 2.58 bits per heavy atom. The molecule has 0 saturated carbocycles. The van der Waals surface area contributed by atoms with Crippen molar-refractivity contribution in [3.63, 3.8) is 0 Å². The van der Waals surface area contributed by atoms with E-state index in [0.29, 0.717) is 25.4 Å². The number of aromatic hydroxyl groups is 1. The number of carboxylic acids is 1. The molecule has 0 saturated heterocycles. The summed E-state index contributed by atoms with van der Waals surface area (Å²) in [7, 11) is 0. The van der Waals surface area contributed by atoms with Crippen molar-refractivity contribution in [3.8, 4) is 11.5 Å². The number of nitrogens with zero attached hydrogens (tertiary/aromatic N) is 1. The highest BCUT2D eigenvalue weighted by Gasteiger charge is 2.22. The zero-order valence-electron chi connectivity index (χ0n) is 20.8. The highest BCUT2D eigenvalue weighted by atomic mass is 16.5. The Balaban J connectivity index is 1.72. The van der Waals surface area contributed by atoms with Gasteiger partial charge in [0.2, 0.25) is 0 Å². The lowest BCUT2D eigenvalue weighted by Crippen LogP contribution is -2.51. The number of hydrogen-bond donors (Lipinski definition) is 7. The minimum absolute atomic E-state index is 0.0401. The number of rotatable bonds is 16. The van der Waals surface area contributed by atoms with Crippen LogP contribution in [0.15, 0.2) is 23.2 Å². The second-order valence-corrected chi connectivity index (χ2v) is 8.38. The van der Waals surface area contributed by atoms with Crippen LogP contribution in [-0.2, 0) is 4.79 Å². The van der Waals surface area contributed by atoms with Gasteiger partial charge in [0.15, 0.2) is 5.96 Å². The molecule has 0 bridgehead atoms. The van der Waals surface area contributed by atoms with Crippen LogP contribution >= 0.6 is 0 Å². The maximum Gasteiger partial charge on any atom is 0.328 e. The molecular formula is C24H38N6O6. The van der Waals surface area contributed by atoms with Crippen molar-refractivity contribution in [1.29, 1.82) is 0 Å². The minimum Gasteiger partial charge on any atom is -0.507 e. The maximum absolute atomic E-state index is 12.5. The van der Waals surface area contributed by atoms with Gasteiger partial charge in [-0.15, -0.1) is 0 Å². The van der Waals surface area contributed by atoms with Crippen LogP contribution < -0.4 is 31.3 Å². The second-order valence-electron chi connectivity index (χ2n) is 8.38. The van der Waals surface area contributed by atoms with E-state index in [-0.39, 0.29) is 17.9 Å². The fourth-order valence-electron chi connectivity index (χ4n) is 3.45. The third-order valence-corrected chi connectivity index (χ3v) is 5.44. The maximum atomic E-state index is 12.5. The summed E-state index contributed by atoms with van der Waals surface area (Å²) in [4.78, 5) is 40.2. The molecule has 0 unspecified atom stereocenters. The Kier molecular flexibility index (Phi) is 12.7. The molecule has 12 heteroatoms. The third-order valence-electron chi connectivity index (χ3n) is 5.44. The molecule has 0 aliphatic carbocycles. The van der Waals surface area contributed by atoms with Gasteiger partial charge in [-0.1, -0.05) is 39.0 Å². The number of carbonyl (C=O) groups excluding carboxylic acids is 2. The van der Waals surface area contributed by atoms with E-state index in [2.05, 4.69) is 38.5 Å². The van der Waals surface area contributed by atoms with Crippen LogP contribution in [0.2, 0.25) is 0 Å². The zero-order chi connectivity index (χ0) is 26.2. The van der Waals surface area contributed by atoms with E-state index >= 15 is 0 Å². The van der Waals surface area contributed by atoms with Crippen LogP contribution in [0, 0.1) is 0 Å². The van der Waals surface area contributed by atoms with Gasteiger partial charge in [0.05, 0.1) is 18.7 Å². The third kappa shape index (κ3) is 10.7. The highest BCUT2D eigenvalue weighted by molar-refractivity contribution is 5.97. The first-order valence-electron chi connectivity index (χ1n) is 12.4. The number of nitrogens with one attached hydrogen (secondary N) is 5. The smallest absolute Gasteiger partial charge is 0.328 e. The number of aliphatic imine (C=N–C) groups is 1. The number of hydrogen-bond acceptors (Lipinski definition) is 8. The fraction of sp³-hybridized carbons (Fsp3) is 0.583. The number of urea groups is 1. The van der Waals surface area contributed by atoms with Crippen molar-refractivity contribution < 1.29 is 29.3 Å². The first kappa shape index (κ1) is 28.5. The van der Waals surface area contributed by atoms with Crippen molar-refractivity contribution in [1.82, 2.24) is 26.6 Å². The molecule has 1 atom stereocenters. The van der Waals surface area contributed by atoms with Gasteiger partial charge in [0, 0.05) is 25.7 Å². The number of carbonyl (C=O) groups is 3. The predicted molar refractivity (Wildman–Crippen MR) is 136 cm³/mol. The minimum atomic E-state index is -1.32. The number of aliphatic carboxylic acids is 1. The van der Waals surface area contributed by atoms with Crippen LogP contribution in [0.1, 0.15) is 55.8 Å². The van der Waals surface area contributed by atoms with Crippen LogP contribution in [-0.4, -0.2) is 79.5 Å². The van der Waals surface area contributed by atoms with Crippen molar-refractivity contribution >= 4 is 23.9 Å². The molecule has 36 heavy (non-hydrogen) atoms. The Morgan fingerprint density at radius 1 is 1.11 bits per heavy atom. The van der Waals surface area contributed by atoms with E-state index in [9.17, 15) is 24.6 Å². The van der Waals surface area contributed by atoms with Gasteiger partial charge in [-0.05, 0) is 18.6 Å². The lowest BCUT2D eigenvalue weighted by molar-refractivity contribution is -0.139. The molecule has 3 amide bonds. The summed E-state index contributed by atoms with van der Waals surface area (Å²) in [5.41, 5.74) is -0.0401. The number of phenolic OH excluding ortho intramolecular Hbond substituents is 1. The van der Waals surface area contributed by atoms with Gasteiger partial charge >= 0.3 is 12.0 Å². The number of ether oxygens (including phenoxy) is 1. The summed E-state index contributed by atoms with van der Waals surface area (Å²) in [5, 5.41) is 33.2. The van der Waals surface area contributed by atoms with Crippen LogP contribution in [0.5, 0.6) is 11.5 Å². The second kappa shape index (κ2) is 16.1. The van der Waals surface area contributed by atoms with E-state index in [1.807, 2.05) is 0 Å². The summed E-state index contributed by atoms with van der Waals surface area (Å²) in [6.07, 6.45) is 6.44. The largest absolute Gasteiger partial charge is 0.507 e. The molecular weight excluding hydrogens is 468 g/mol. The van der Waals surface area contributed by atoms with Gasteiger partial charge in [0.1, 0.15) is 24.1 Å². The zero-order valence-corrected chi connectivity index (χ0v) is 20.8. The number of phenols is 1. The average Bonchev–Trinajstić information content (AvgIpc) is 3.37. The van der Waals surface area contributed by atoms with Crippen molar-refractivity contribution in [2.75, 3.05) is 39.3 Å². The molecule has 0 radical (unpaired) electrons. The summed E-state index contributed by atoms with van der Waals surface area (Å²) in [6, 6.07) is 2.28. The van der Waals surface area contributed by atoms with Gasteiger partial charge in [-0.2, -0.15) is 0 Å². The molecule has 7 N–H and O–H groups in total. The van der Waals surface area contributed by atoms with Crippen LogP contribution in [0.25, 0.3) is 0 Å². The topological polar surface area (TPSA) is 173 Å². The molecule has 0 fully saturated rings. The Labute approximate surface area is 211 Å². The van der Waals surface area contributed by atoms with Gasteiger partial charge in [0.25, 0.3) is 5.91 Å². The number of amides is 3. The molecule has 1 aromatic rings. The van der Waals surface area contributed by atoms with E-state index in [1.165, 1.54) is 37.5 Å². The van der Waals surface area contributed by atoms with E-state index in [1.54, 1.807) is 0 Å². The monoisotopic (exact) mass is 506 g/mol. The average molecular weight is 507 g/mol. The number of benzene rings is 1. The molecule has 1 aliphatic heterocycles. The van der Waals surface area contributed by atoms with Crippen molar-refractivity contribution in [2.24, 2.45) is 4.99 Å². The molecule has 2 rings (SSSR count). The van der Waals surface area contributed by atoms with Gasteiger partial charge in [-0.25, -0.2) is 9.59 Å². The number of carboxylic acid groups (broad SMARTS) is 1. The molecule has 1 aliphatic rings. The quantitative estimate of drug-likeness (QED) is 0.164. The first-order chi connectivity index (χ1) is 17.4. The molecule has 1 aromatic carbocycles. The predicted octanol–water partition coefficient (Wildman–Crippen LogP) is 1.16. The number of unbranched alkanes of at least 4 members (excludes halogenated alkanes) is 5. The van der Waals surface area contributed by atoms with Crippen molar-refractivity contribution in [2.45, 2.75) is 51.5 Å². The molecule has 0 aromatic heterocycles.